The Labute approximate surface area is 168 Å². The van der Waals surface area contributed by atoms with Crippen LogP contribution in [0.2, 0.25) is 0 Å². The van der Waals surface area contributed by atoms with Gasteiger partial charge in [-0.25, -0.2) is 13.1 Å². The maximum absolute atomic E-state index is 12.9. The van der Waals surface area contributed by atoms with Crippen molar-refractivity contribution in [2.75, 3.05) is 14.1 Å². The third-order valence-electron chi connectivity index (χ3n) is 5.01. The second kappa shape index (κ2) is 8.05. The molecule has 6 heteroatoms. The van der Waals surface area contributed by atoms with E-state index in [0.29, 0.717) is 17.7 Å². The molecule has 0 radical (unpaired) electrons. The molecule has 0 fully saturated rings. The number of rotatable bonds is 5. The predicted octanol–water partition coefficient (Wildman–Crippen LogP) is 3.78. The van der Waals surface area contributed by atoms with Crippen LogP contribution in [0.3, 0.4) is 0 Å². The Morgan fingerprint density at radius 3 is 2.14 bits per heavy atom. The molecule has 0 aromatic heterocycles. The molecule has 0 heterocycles. The molecule has 0 aliphatic rings. The van der Waals surface area contributed by atoms with Gasteiger partial charge in [0, 0.05) is 19.2 Å². The molecule has 0 aliphatic heterocycles. The maximum atomic E-state index is 12.9. The zero-order chi connectivity index (χ0) is 21.3. The SMILES string of the molecule is CNS(=O)(=O)c1cc(C(=O)N(C)Cc2ccc(C(C)(C)C)cc2)cc(C)c1C. The third-order valence-corrected chi connectivity index (χ3v) is 6.55. The highest BCUT2D eigenvalue weighted by molar-refractivity contribution is 7.89. The molecule has 1 N–H and O–H groups in total. The second-order valence-electron chi connectivity index (χ2n) is 8.23. The van der Waals surface area contributed by atoms with Crippen molar-refractivity contribution < 1.29 is 13.2 Å². The van der Waals surface area contributed by atoms with Crippen LogP contribution in [0, 0.1) is 13.8 Å². The highest BCUT2D eigenvalue weighted by Crippen LogP contribution is 2.24. The van der Waals surface area contributed by atoms with E-state index in [9.17, 15) is 13.2 Å². The summed E-state index contributed by atoms with van der Waals surface area (Å²) in [5.74, 6) is -0.212. The van der Waals surface area contributed by atoms with Crippen LogP contribution in [0.25, 0.3) is 0 Å². The summed E-state index contributed by atoms with van der Waals surface area (Å²) >= 11 is 0. The monoisotopic (exact) mass is 402 g/mol. The summed E-state index contributed by atoms with van der Waals surface area (Å²) in [6.45, 7) is 10.5. The number of aryl methyl sites for hydroxylation is 1. The van der Waals surface area contributed by atoms with Crippen molar-refractivity contribution in [3.8, 4) is 0 Å². The van der Waals surface area contributed by atoms with Gasteiger partial charge in [0.15, 0.2) is 0 Å². The first-order valence-corrected chi connectivity index (χ1v) is 10.7. The lowest BCUT2D eigenvalue weighted by Gasteiger charge is -2.21. The largest absolute Gasteiger partial charge is 0.337 e. The Hall–Kier alpha value is -2.18. The average molecular weight is 403 g/mol. The maximum Gasteiger partial charge on any atom is 0.253 e. The summed E-state index contributed by atoms with van der Waals surface area (Å²) in [5, 5.41) is 0. The molecule has 1 amide bonds. The fourth-order valence-corrected chi connectivity index (χ4v) is 4.08. The van der Waals surface area contributed by atoms with Crippen molar-refractivity contribution in [2.45, 2.75) is 51.5 Å². The summed E-state index contributed by atoms with van der Waals surface area (Å²) in [7, 11) is -0.541. The quantitative estimate of drug-likeness (QED) is 0.828. The van der Waals surface area contributed by atoms with Gasteiger partial charge in [-0.05, 0) is 60.7 Å². The number of nitrogens with zero attached hydrogens (tertiary/aromatic N) is 1. The van der Waals surface area contributed by atoms with Gasteiger partial charge >= 0.3 is 0 Å². The van der Waals surface area contributed by atoms with Gasteiger partial charge in [0.05, 0.1) is 4.90 Å². The summed E-state index contributed by atoms with van der Waals surface area (Å²) in [6, 6.07) is 11.4. The van der Waals surface area contributed by atoms with E-state index >= 15 is 0 Å². The van der Waals surface area contributed by atoms with Gasteiger partial charge in [0.1, 0.15) is 0 Å². The number of hydrogen-bond donors (Lipinski definition) is 1. The lowest BCUT2D eigenvalue weighted by molar-refractivity contribution is 0.0784. The molecule has 0 unspecified atom stereocenters. The minimum absolute atomic E-state index is 0.0783. The Balaban J connectivity index is 2.28. The van der Waals surface area contributed by atoms with E-state index in [1.54, 1.807) is 24.9 Å². The molecule has 2 aromatic carbocycles. The minimum atomic E-state index is -3.63. The van der Waals surface area contributed by atoms with Crippen LogP contribution in [-0.2, 0) is 22.0 Å². The van der Waals surface area contributed by atoms with Crippen molar-refractivity contribution in [1.29, 1.82) is 0 Å². The molecule has 28 heavy (non-hydrogen) atoms. The van der Waals surface area contributed by atoms with Crippen LogP contribution < -0.4 is 4.72 Å². The summed E-state index contributed by atoms with van der Waals surface area (Å²) in [5.41, 5.74) is 4.12. The van der Waals surface area contributed by atoms with Crippen molar-refractivity contribution in [3.05, 3.63) is 64.2 Å². The number of carbonyl (C=O) groups is 1. The predicted molar refractivity (Wildman–Crippen MR) is 113 cm³/mol. The molecule has 152 valence electrons. The standard InChI is InChI=1S/C22H30N2O3S/c1-15-12-18(13-20(16(15)2)28(26,27)23-6)21(25)24(7)14-17-8-10-19(11-9-17)22(3,4)5/h8-13,23H,14H2,1-7H3. The molecule has 5 nitrogen and oxygen atoms in total. The highest BCUT2D eigenvalue weighted by atomic mass is 32.2. The lowest BCUT2D eigenvalue weighted by Crippen LogP contribution is -2.27. The Kier molecular flexibility index (Phi) is 6.36. The lowest BCUT2D eigenvalue weighted by atomic mass is 9.87. The number of carbonyl (C=O) groups excluding carboxylic acids is 1. The van der Waals surface area contributed by atoms with Crippen molar-refractivity contribution in [1.82, 2.24) is 9.62 Å². The first-order valence-electron chi connectivity index (χ1n) is 9.26. The van der Waals surface area contributed by atoms with Crippen LogP contribution in [0.4, 0.5) is 0 Å². The molecule has 2 rings (SSSR count). The Bertz CT molecular complexity index is 972. The molecule has 0 aliphatic carbocycles. The Morgan fingerprint density at radius 1 is 1.07 bits per heavy atom. The van der Waals surface area contributed by atoms with Crippen LogP contribution in [0.15, 0.2) is 41.3 Å². The molecular weight excluding hydrogens is 372 g/mol. The van der Waals surface area contributed by atoms with Crippen molar-refractivity contribution in [2.24, 2.45) is 0 Å². The van der Waals surface area contributed by atoms with Gasteiger partial charge in [-0.15, -0.1) is 0 Å². The van der Waals surface area contributed by atoms with E-state index in [2.05, 4.69) is 37.6 Å². The first-order chi connectivity index (χ1) is 12.9. The van der Waals surface area contributed by atoms with Gasteiger partial charge in [0.25, 0.3) is 5.91 Å². The molecule has 2 aromatic rings. The second-order valence-corrected chi connectivity index (χ2v) is 10.1. The van der Waals surface area contributed by atoms with Gasteiger partial charge in [0.2, 0.25) is 10.0 Å². The third kappa shape index (κ3) is 4.80. The van der Waals surface area contributed by atoms with Crippen LogP contribution in [-0.4, -0.2) is 33.3 Å². The van der Waals surface area contributed by atoms with Crippen molar-refractivity contribution in [3.63, 3.8) is 0 Å². The molecular formula is C22H30N2O3S. The van der Waals surface area contributed by atoms with Crippen LogP contribution in [0.1, 0.15) is 53.4 Å². The fraction of sp³-hybridized carbons (Fsp3) is 0.409. The van der Waals surface area contributed by atoms with Gasteiger partial charge in [-0.1, -0.05) is 45.0 Å². The number of benzene rings is 2. The summed E-state index contributed by atoms with van der Waals surface area (Å²) < 4.78 is 26.9. The smallest absolute Gasteiger partial charge is 0.253 e. The number of hydrogen-bond acceptors (Lipinski definition) is 3. The molecule has 0 saturated heterocycles. The fourth-order valence-electron chi connectivity index (χ4n) is 3.02. The molecule has 0 bridgehead atoms. The van der Waals surface area contributed by atoms with Crippen LogP contribution in [0.5, 0.6) is 0 Å². The van der Waals surface area contributed by atoms with E-state index in [1.165, 1.54) is 18.7 Å². The van der Waals surface area contributed by atoms with Gasteiger partial charge < -0.3 is 4.90 Å². The van der Waals surface area contributed by atoms with Gasteiger partial charge in [-0.2, -0.15) is 0 Å². The number of sulfonamides is 1. The van der Waals surface area contributed by atoms with Crippen LogP contribution >= 0.6 is 0 Å². The summed E-state index contributed by atoms with van der Waals surface area (Å²) in [6.07, 6.45) is 0. The van der Waals surface area contributed by atoms with E-state index < -0.39 is 10.0 Å². The molecule has 0 spiro atoms. The number of amides is 1. The highest BCUT2D eigenvalue weighted by Gasteiger charge is 2.21. The van der Waals surface area contributed by atoms with E-state index in [4.69, 9.17) is 0 Å². The van der Waals surface area contributed by atoms with E-state index in [-0.39, 0.29) is 16.2 Å². The zero-order valence-corrected chi connectivity index (χ0v) is 18.6. The number of nitrogens with one attached hydrogen (secondary N) is 1. The first kappa shape index (κ1) is 22.1. The Morgan fingerprint density at radius 2 is 1.64 bits per heavy atom. The molecule has 0 saturated carbocycles. The summed E-state index contributed by atoms with van der Waals surface area (Å²) in [4.78, 5) is 14.7. The van der Waals surface area contributed by atoms with E-state index in [0.717, 1.165) is 11.1 Å². The normalized spacial score (nSPS) is 12.1. The zero-order valence-electron chi connectivity index (χ0n) is 17.8. The van der Waals surface area contributed by atoms with Crippen molar-refractivity contribution >= 4 is 15.9 Å². The minimum Gasteiger partial charge on any atom is -0.337 e. The van der Waals surface area contributed by atoms with Gasteiger partial charge in [-0.3, -0.25) is 4.79 Å². The average Bonchev–Trinajstić information content (AvgIpc) is 2.62. The topological polar surface area (TPSA) is 66.5 Å². The van der Waals surface area contributed by atoms with E-state index in [1.807, 2.05) is 19.1 Å². The molecule has 0 atom stereocenters.